The average molecular weight is 204 g/mol. The Kier molecular flexibility index (Phi) is 6.34. The highest BCUT2D eigenvalue weighted by molar-refractivity contribution is 5.90. The number of carbonyl (C=O) groups is 2. The third kappa shape index (κ3) is 7.26. The van der Waals surface area contributed by atoms with Crippen LogP contribution >= 0.6 is 0 Å². The van der Waals surface area contributed by atoms with Crippen LogP contribution in [0, 0.1) is 0 Å². The van der Waals surface area contributed by atoms with Crippen LogP contribution in [0.2, 0.25) is 0 Å². The first-order chi connectivity index (χ1) is 6.56. The molecule has 0 amide bonds. The molecule has 14 heavy (non-hydrogen) atoms. The van der Waals surface area contributed by atoms with E-state index in [1.54, 1.807) is 6.92 Å². The molecule has 1 unspecified atom stereocenters. The zero-order valence-electron chi connectivity index (χ0n) is 7.93. The van der Waals surface area contributed by atoms with Crippen LogP contribution < -0.4 is 0 Å². The fraction of sp³-hybridized carbons (Fsp3) is 0.500. The molecule has 0 aliphatic rings. The standard InChI is InChI=1S/C8H12O6/c1-3-12-6(2)13-14-8(11)5-4-7(9)10/h4-6H,3H2,1-2H3,(H,9,10)/b5-4+. The van der Waals surface area contributed by atoms with Crippen molar-refractivity contribution >= 4 is 11.9 Å². The molecule has 0 fully saturated rings. The van der Waals surface area contributed by atoms with E-state index in [1.807, 2.05) is 0 Å². The molecule has 0 bridgehead atoms. The van der Waals surface area contributed by atoms with Crippen LogP contribution in [0.5, 0.6) is 0 Å². The minimum Gasteiger partial charge on any atom is -0.478 e. The van der Waals surface area contributed by atoms with Crippen molar-refractivity contribution in [2.45, 2.75) is 20.1 Å². The van der Waals surface area contributed by atoms with Crippen molar-refractivity contribution in [1.82, 2.24) is 0 Å². The summed E-state index contributed by atoms with van der Waals surface area (Å²) in [6.45, 7) is 3.72. The van der Waals surface area contributed by atoms with E-state index in [9.17, 15) is 9.59 Å². The highest BCUT2D eigenvalue weighted by atomic mass is 17.2. The summed E-state index contributed by atoms with van der Waals surface area (Å²) in [5.74, 6) is -2.14. The van der Waals surface area contributed by atoms with Gasteiger partial charge in [-0.15, -0.1) is 0 Å². The van der Waals surface area contributed by atoms with Crippen LogP contribution in [0.3, 0.4) is 0 Å². The Morgan fingerprint density at radius 2 is 2.07 bits per heavy atom. The summed E-state index contributed by atoms with van der Waals surface area (Å²) in [6, 6.07) is 0. The molecule has 0 aromatic carbocycles. The summed E-state index contributed by atoms with van der Waals surface area (Å²) in [5, 5.41) is 8.16. The molecule has 0 radical (unpaired) electrons. The second kappa shape index (κ2) is 7.05. The molecule has 0 heterocycles. The van der Waals surface area contributed by atoms with Gasteiger partial charge in [-0.05, 0) is 13.8 Å². The maximum atomic E-state index is 10.7. The van der Waals surface area contributed by atoms with E-state index >= 15 is 0 Å². The molecule has 0 rings (SSSR count). The van der Waals surface area contributed by atoms with E-state index < -0.39 is 18.2 Å². The molecule has 6 nitrogen and oxygen atoms in total. The van der Waals surface area contributed by atoms with E-state index in [2.05, 4.69) is 9.78 Å². The van der Waals surface area contributed by atoms with Crippen LogP contribution in [0.4, 0.5) is 0 Å². The molecule has 6 heteroatoms. The summed E-state index contributed by atoms with van der Waals surface area (Å²) >= 11 is 0. The molecule has 0 aromatic rings. The summed E-state index contributed by atoms with van der Waals surface area (Å²) in [7, 11) is 0. The molecule has 0 spiro atoms. The zero-order valence-corrected chi connectivity index (χ0v) is 7.93. The molecule has 0 aliphatic heterocycles. The van der Waals surface area contributed by atoms with Gasteiger partial charge in [0.2, 0.25) is 0 Å². The van der Waals surface area contributed by atoms with E-state index in [1.165, 1.54) is 6.92 Å². The number of rotatable bonds is 6. The van der Waals surface area contributed by atoms with Gasteiger partial charge in [-0.3, -0.25) is 4.89 Å². The van der Waals surface area contributed by atoms with E-state index in [-0.39, 0.29) is 0 Å². The fourth-order valence-electron chi connectivity index (χ4n) is 0.545. The van der Waals surface area contributed by atoms with E-state index in [0.29, 0.717) is 12.7 Å². The number of carboxylic acid groups (broad SMARTS) is 1. The minimum absolute atomic E-state index is 0.420. The largest absolute Gasteiger partial charge is 0.478 e. The number of hydrogen-bond donors (Lipinski definition) is 1. The normalized spacial score (nSPS) is 12.7. The second-order valence-electron chi connectivity index (χ2n) is 2.19. The van der Waals surface area contributed by atoms with Crippen molar-refractivity contribution in [2.75, 3.05) is 6.61 Å². The summed E-state index contributed by atoms with van der Waals surface area (Å²) in [6.07, 6.45) is 0.708. The lowest BCUT2D eigenvalue weighted by atomic mass is 10.5. The topological polar surface area (TPSA) is 82.1 Å². The van der Waals surface area contributed by atoms with Crippen LogP contribution in [-0.2, 0) is 24.1 Å². The molecule has 0 saturated heterocycles. The highest BCUT2D eigenvalue weighted by Crippen LogP contribution is 1.94. The summed E-state index contributed by atoms with van der Waals surface area (Å²) in [5.41, 5.74) is 0. The van der Waals surface area contributed by atoms with Crippen molar-refractivity contribution in [3.05, 3.63) is 12.2 Å². The number of carboxylic acids is 1. The molecule has 80 valence electrons. The fourth-order valence-corrected chi connectivity index (χ4v) is 0.545. The Morgan fingerprint density at radius 1 is 1.43 bits per heavy atom. The lowest BCUT2D eigenvalue weighted by Gasteiger charge is -2.09. The minimum atomic E-state index is -1.24. The highest BCUT2D eigenvalue weighted by Gasteiger charge is 2.05. The predicted molar refractivity (Wildman–Crippen MR) is 45.0 cm³/mol. The first-order valence-electron chi connectivity index (χ1n) is 3.96. The Hall–Kier alpha value is -1.40. The van der Waals surface area contributed by atoms with Gasteiger partial charge in [0.05, 0.1) is 0 Å². The monoisotopic (exact) mass is 204 g/mol. The Labute approximate surface area is 81.0 Å². The third-order valence-corrected chi connectivity index (χ3v) is 1.03. The third-order valence-electron chi connectivity index (χ3n) is 1.03. The number of hydrogen-bond acceptors (Lipinski definition) is 5. The van der Waals surface area contributed by atoms with Crippen LogP contribution in [0.25, 0.3) is 0 Å². The maximum Gasteiger partial charge on any atom is 0.366 e. The molecular weight excluding hydrogens is 192 g/mol. The van der Waals surface area contributed by atoms with Gasteiger partial charge >= 0.3 is 11.9 Å². The van der Waals surface area contributed by atoms with E-state index in [4.69, 9.17) is 9.84 Å². The van der Waals surface area contributed by atoms with E-state index in [0.717, 1.165) is 6.08 Å². The van der Waals surface area contributed by atoms with Crippen LogP contribution in [0.15, 0.2) is 12.2 Å². The first kappa shape index (κ1) is 12.6. The number of carbonyl (C=O) groups excluding carboxylic acids is 1. The summed E-state index contributed by atoms with van der Waals surface area (Å²) < 4.78 is 4.88. The molecule has 1 N–H and O–H groups in total. The molecule has 0 saturated carbocycles. The van der Waals surface area contributed by atoms with Crippen molar-refractivity contribution in [2.24, 2.45) is 0 Å². The molecular formula is C8H12O6. The lowest BCUT2D eigenvalue weighted by Crippen LogP contribution is -2.15. The van der Waals surface area contributed by atoms with Gasteiger partial charge in [-0.1, -0.05) is 0 Å². The zero-order chi connectivity index (χ0) is 11.0. The Morgan fingerprint density at radius 3 is 2.57 bits per heavy atom. The maximum absolute atomic E-state index is 10.7. The van der Waals surface area contributed by atoms with Crippen LogP contribution in [0.1, 0.15) is 13.8 Å². The van der Waals surface area contributed by atoms with Gasteiger partial charge < -0.3 is 9.84 Å². The quantitative estimate of drug-likeness (QED) is 0.293. The van der Waals surface area contributed by atoms with Gasteiger partial charge in [0, 0.05) is 18.8 Å². The Balaban J connectivity index is 3.68. The smallest absolute Gasteiger partial charge is 0.366 e. The SMILES string of the molecule is CCOC(C)OOC(=O)/C=C/C(=O)O. The van der Waals surface area contributed by atoms with Crippen molar-refractivity contribution in [3.63, 3.8) is 0 Å². The van der Waals surface area contributed by atoms with Gasteiger partial charge in [0.1, 0.15) is 0 Å². The van der Waals surface area contributed by atoms with Gasteiger partial charge in [0.25, 0.3) is 0 Å². The Bertz CT molecular complexity index is 222. The first-order valence-corrected chi connectivity index (χ1v) is 3.96. The molecule has 1 atom stereocenters. The van der Waals surface area contributed by atoms with Crippen LogP contribution in [-0.4, -0.2) is 29.9 Å². The average Bonchev–Trinajstić information content (AvgIpc) is 2.12. The number of ether oxygens (including phenoxy) is 1. The molecule has 0 aliphatic carbocycles. The molecule has 0 aromatic heterocycles. The van der Waals surface area contributed by atoms with Crippen molar-refractivity contribution in [1.29, 1.82) is 0 Å². The summed E-state index contributed by atoms with van der Waals surface area (Å²) in [4.78, 5) is 29.3. The van der Waals surface area contributed by atoms with Gasteiger partial charge in [-0.25, -0.2) is 9.59 Å². The van der Waals surface area contributed by atoms with Gasteiger partial charge in [-0.2, -0.15) is 4.89 Å². The predicted octanol–water partition coefficient (Wildman–Crippen LogP) is 0.484. The van der Waals surface area contributed by atoms with Crippen molar-refractivity contribution < 1.29 is 29.2 Å². The van der Waals surface area contributed by atoms with Crippen molar-refractivity contribution in [3.8, 4) is 0 Å². The second-order valence-corrected chi connectivity index (χ2v) is 2.19. The lowest BCUT2D eigenvalue weighted by molar-refractivity contribution is -0.343. The van der Waals surface area contributed by atoms with Gasteiger partial charge in [0.15, 0.2) is 6.29 Å². The number of aliphatic carboxylic acids is 1.